The average Bonchev–Trinajstić information content (AvgIpc) is 3.52. The Kier molecular flexibility index (Phi) is 5.29. The van der Waals surface area contributed by atoms with Crippen molar-refractivity contribution in [1.29, 1.82) is 0 Å². The number of nitrogens with two attached hydrogens (primary N) is 1. The first-order chi connectivity index (χ1) is 14.9. The second kappa shape index (κ2) is 8.06. The van der Waals surface area contributed by atoms with Gasteiger partial charge >= 0.3 is 0 Å². The number of nitrogens with zero attached hydrogens (tertiary/aromatic N) is 2. The van der Waals surface area contributed by atoms with Gasteiger partial charge in [-0.25, -0.2) is 4.98 Å². The van der Waals surface area contributed by atoms with Gasteiger partial charge in [0.25, 0.3) is 11.8 Å². The van der Waals surface area contributed by atoms with Crippen LogP contribution < -0.4 is 16.4 Å². The Morgan fingerprint density at radius 1 is 1.03 bits per heavy atom. The molecule has 0 unspecified atom stereocenters. The zero-order chi connectivity index (χ0) is 22.1. The van der Waals surface area contributed by atoms with Crippen LogP contribution >= 0.6 is 0 Å². The highest BCUT2D eigenvalue weighted by atomic mass is 16.2. The number of nitrogens with one attached hydrogen (secondary N) is 2. The average molecular weight is 417 g/mol. The lowest BCUT2D eigenvalue weighted by Gasteiger charge is -2.12. The normalized spacial score (nSPS) is 13.0. The van der Waals surface area contributed by atoms with Crippen molar-refractivity contribution in [1.82, 2.24) is 20.2 Å². The van der Waals surface area contributed by atoms with Crippen molar-refractivity contribution >= 4 is 23.4 Å². The summed E-state index contributed by atoms with van der Waals surface area (Å²) in [7, 11) is 1.53. The van der Waals surface area contributed by atoms with Crippen LogP contribution in [0.4, 0.5) is 5.82 Å². The van der Waals surface area contributed by atoms with Crippen LogP contribution in [0.1, 0.15) is 55.2 Å². The zero-order valence-electron chi connectivity index (χ0n) is 17.3. The van der Waals surface area contributed by atoms with Gasteiger partial charge in [-0.05, 0) is 49.6 Å². The maximum atomic E-state index is 13.0. The molecule has 1 heterocycles. The van der Waals surface area contributed by atoms with Crippen LogP contribution in [0.25, 0.3) is 5.69 Å². The van der Waals surface area contributed by atoms with Crippen molar-refractivity contribution in [2.24, 2.45) is 0 Å². The van der Waals surface area contributed by atoms with Crippen LogP contribution in [0, 0.1) is 6.92 Å². The number of ketones is 1. The quantitative estimate of drug-likeness (QED) is 0.532. The van der Waals surface area contributed by atoms with Gasteiger partial charge in [-0.1, -0.05) is 18.2 Å². The van der Waals surface area contributed by atoms with Crippen molar-refractivity contribution in [2.45, 2.75) is 25.8 Å². The number of nitrogen functional groups attached to an aromatic ring is 1. The molecule has 0 bridgehead atoms. The number of anilines is 1. The van der Waals surface area contributed by atoms with Crippen LogP contribution in [0.15, 0.2) is 48.8 Å². The molecule has 2 aromatic carbocycles. The molecule has 3 aromatic rings. The van der Waals surface area contributed by atoms with E-state index in [4.69, 9.17) is 5.73 Å². The minimum absolute atomic E-state index is 0.0845. The molecule has 1 aromatic heterocycles. The van der Waals surface area contributed by atoms with Crippen molar-refractivity contribution in [2.75, 3.05) is 12.8 Å². The first-order valence-electron chi connectivity index (χ1n) is 10.0. The standard InChI is InChI=1S/C23H23N5O3/c1-13-6-7-16(23(31)27-17-8-9-17)11-18(13)28-12-26-19(21(28)24)20(29)14-4-3-5-15(10-14)22(30)25-2/h3-7,10-12,17H,8-9,24H2,1-2H3,(H,25,30)(H,27,31). The summed E-state index contributed by atoms with van der Waals surface area (Å²) in [5.41, 5.74) is 9.13. The zero-order valence-corrected chi connectivity index (χ0v) is 17.3. The van der Waals surface area contributed by atoms with E-state index in [2.05, 4.69) is 15.6 Å². The van der Waals surface area contributed by atoms with E-state index in [-0.39, 0.29) is 35.2 Å². The van der Waals surface area contributed by atoms with Crippen LogP contribution in [0.2, 0.25) is 0 Å². The molecule has 1 aliphatic carbocycles. The van der Waals surface area contributed by atoms with E-state index < -0.39 is 0 Å². The minimum Gasteiger partial charge on any atom is -0.383 e. The number of carbonyl (C=O) groups excluding carboxylic acids is 3. The monoisotopic (exact) mass is 417 g/mol. The molecule has 8 heteroatoms. The Labute approximate surface area is 179 Å². The van der Waals surface area contributed by atoms with Gasteiger partial charge in [0.2, 0.25) is 5.78 Å². The number of rotatable bonds is 6. The summed E-state index contributed by atoms with van der Waals surface area (Å²) in [5, 5.41) is 5.50. The molecule has 4 rings (SSSR count). The van der Waals surface area contributed by atoms with E-state index in [1.165, 1.54) is 19.4 Å². The molecule has 158 valence electrons. The summed E-state index contributed by atoms with van der Waals surface area (Å²) < 4.78 is 1.60. The van der Waals surface area contributed by atoms with Gasteiger partial charge in [-0.3, -0.25) is 19.0 Å². The van der Waals surface area contributed by atoms with Crippen LogP contribution in [0.3, 0.4) is 0 Å². The van der Waals surface area contributed by atoms with Gasteiger partial charge in [0.1, 0.15) is 12.1 Å². The molecule has 2 amide bonds. The molecule has 1 fully saturated rings. The first-order valence-corrected chi connectivity index (χ1v) is 10.0. The van der Waals surface area contributed by atoms with Gasteiger partial charge < -0.3 is 16.4 Å². The number of carbonyl (C=O) groups is 3. The van der Waals surface area contributed by atoms with E-state index in [9.17, 15) is 14.4 Å². The Morgan fingerprint density at radius 3 is 2.45 bits per heavy atom. The van der Waals surface area contributed by atoms with Crippen molar-refractivity contribution in [3.05, 3.63) is 76.7 Å². The van der Waals surface area contributed by atoms with Gasteiger partial charge in [0.15, 0.2) is 5.69 Å². The Morgan fingerprint density at radius 2 is 1.74 bits per heavy atom. The minimum atomic E-state index is -0.387. The third-order valence-electron chi connectivity index (χ3n) is 5.28. The number of hydrogen-bond acceptors (Lipinski definition) is 5. The summed E-state index contributed by atoms with van der Waals surface area (Å²) in [5.74, 6) is -0.643. The van der Waals surface area contributed by atoms with E-state index in [1.807, 2.05) is 13.0 Å². The summed E-state index contributed by atoms with van der Waals surface area (Å²) in [4.78, 5) is 41.5. The van der Waals surface area contributed by atoms with E-state index in [0.29, 0.717) is 22.4 Å². The molecule has 0 saturated heterocycles. The maximum absolute atomic E-state index is 13.0. The Hall–Kier alpha value is -3.94. The second-order valence-corrected chi connectivity index (χ2v) is 7.59. The molecular weight excluding hydrogens is 394 g/mol. The van der Waals surface area contributed by atoms with E-state index in [0.717, 1.165) is 18.4 Å². The fourth-order valence-electron chi connectivity index (χ4n) is 3.31. The number of hydrogen-bond donors (Lipinski definition) is 3. The number of benzene rings is 2. The van der Waals surface area contributed by atoms with Crippen molar-refractivity contribution in [3.63, 3.8) is 0 Å². The number of imidazole rings is 1. The third-order valence-corrected chi connectivity index (χ3v) is 5.28. The summed E-state index contributed by atoms with van der Waals surface area (Å²) >= 11 is 0. The van der Waals surface area contributed by atoms with Gasteiger partial charge in [-0.2, -0.15) is 0 Å². The highest BCUT2D eigenvalue weighted by Gasteiger charge is 2.25. The molecule has 8 nitrogen and oxygen atoms in total. The maximum Gasteiger partial charge on any atom is 0.251 e. The molecule has 0 atom stereocenters. The van der Waals surface area contributed by atoms with Crippen LogP contribution in [-0.4, -0.2) is 40.2 Å². The summed E-state index contributed by atoms with van der Waals surface area (Å²) in [6.07, 6.45) is 3.48. The largest absolute Gasteiger partial charge is 0.383 e. The number of amides is 2. The summed E-state index contributed by atoms with van der Waals surface area (Å²) in [6.45, 7) is 1.89. The molecule has 4 N–H and O–H groups in total. The number of aromatic nitrogens is 2. The van der Waals surface area contributed by atoms with Crippen molar-refractivity contribution < 1.29 is 14.4 Å². The van der Waals surface area contributed by atoms with Crippen LogP contribution in [0.5, 0.6) is 0 Å². The lowest BCUT2D eigenvalue weighted by atomic mass is 10.0. The van der Waals surface area contributed by atoms with Crippen LogP contribution in [-0.2, 0) is 0 Å². The lowest BCUT2D eigenvalue weighted by molar-refractivity contribution is 0.0946. The molecular formula is C23H23N5O3. The Balaban J connectivity index is 1.66. The van der Waals surface area contributed by atoms with Crippen molar-refractivity contribution in [3.8, 4) is 5.69 Å². The topological polar surface area (TPSA) is 119 Å². The molecule has 0 aliphatic heterocycles. The fraction of sp³-hybridized carbons (Fsp3) is 0.217. The lowest BCUT2D eigenvalue weighted by Crippen LogP contribution is -2.25. The van der Waals surface area contributed by atoms with E-state index in [1.54, 1.807) is 34.9 Å². The molecule has 1 aliphatic rings. The molecule has 31 heavy (non-hydrogen) atoms. The molecule has 1 saturated carbocycles. The SMILES string of the molecule is CNC(=O)c1cccc(C(=O)c2ncn(-c3cc(C(=O)NC4CC4)ccc3C)c2N)c1. The number of aryl methyl sites for hydroxylation is 1. The van der Waals surface area contributed by atoms with Gasteiger partial charge in [-0.15, -0.1) is 0 Å². The van der Waals surface area contributed by atoms with E-state index >= 15 is 0 Å². The Bertz CT molecular complexity index is 1190. The predicted octanol–water partition coefficient (Wildman–Crippen LogP) is 2.25. The highest BCUT2D eigenvalue weighted by molar-refractivity contribution is 6.11. The summed E-state index contributed by atoms with van der Waals surface area (Å²) in [6, 6.07) is 12.0. The molecule has 0 radical (unpaired) electrons. The first kappa shape index (κ1) is 20.3. The third kappa shape index (κ3) is 4.05. The second-order valence-electron chi connectivity index (χ2n) is 7.59. The predicted molar refractivity (Wildman–Crippen MR) is 116 cm³/mol. The smallest absolute Gasteiger partial charge is 0.251 e. The fourth-order valence-corrected chi connectivity index (χ4v) is 3.31. The van der Waals surface area contributed by atoms with Gasteiger partial charge in [0.05, 0.1) is 5.69 Å². The molecule has 0 spiro atoms. The van der Waals surface area contributed by atoms with Gasteiger partial charge in [0, 0.05) is 29.8 Å². The highest BCUT2D eigenvalue weighted by Crippen LogP contribution is 2.25.